The average Bonchev–Trinajstić information content (AvgIpc) is 2.81. The van der Waals surface area contributed by atoms with Crippen LogP contribution in [0.1, 0.15) is 35.9 Å². The largest absolute Gasteiger partial charge is 0.497 e. The van der Waals surface area contributed by atoms with Crippen LogP contribution in [0.2, 0.25) is 5.02 Å². The first-order chi connectivity index (χ1) is 9.52. The molecule has 0 aliphatic rings. The highest BCUT2D eigenvalue weighted by atomic mass is 35.5. The maximum absolute atomic E-state index is 12.4. The number of Topliss-reactive ketones (excluding diaryl/α,β-unsaturated/α-hetero) is 1. The summed E-state index contributed by atoms with van der Waals surface area (Å²) in [6.45, 7) is 3.93. The highest BCUT2D eigenvalue weighted by Crippen LogP contribution is 2.21. The molecule has 0 radical (unpaired) electrons. The lowest BCUT2D eigenvalue weighted by Gasteiger charge is -2.10. The third-order valence-corrected chi connectivity index (χ3v) is 3.30. The van der Waals surface area contributed by atoms with E-state index in [2.05, 4.69) is 5.10 Å². The Morgan fingerprint density at radius 3 is 2.55 bits per heavy atom. The van der Waals surface area contributed by atoms with Gasteiger partial charge in [0.15, 0.2) is 5.78 Å². The van der Waals surface area contributed by atoms with Gasteiger partial charge in [0.05, 0.1) is 18.3 Å². The molecule has 4 nitrogen and oxygen atoms in total. The number of ether oxygens (including phenoxy) is 1. The molecule has 0 aliphatic heterocycles. The fraction of sp³-hybridized carbons (Fsp3) is 0.333. The number of nitrogens with zero attached hydrogens (tertiary/aromatic N) is 2. The van der Waals surface area contributed by atoms with Gasteiger partial charge in [-0.25, -0.2) is 0 Å². The maximum atomic E-state index is 12.4. The number of ketones is 1. The van der Waals surface area contributed by atoms with Crippen LogP contribution in [0.3, 0.4) is 0 Å². The van der Waals surface area contributed by atoms with Gasteiger partial charge in [0.1, 0.15) is 11.4 Å². The van der Waals surface area contributed by atoms with E-state index < -0.39 is 0 Å². The summed E-state index contributed by atoms with van der Waals surface area (Å²) in [6, 6.07) is 7.52. The van der Waals surface area contributed by atoms with Gasteiger partial charge in [0.25, 0.3) is 0 Å². The number of carbonyl (C=O) groups is 1. The minimum absolute atomic E-state index is 0.0358. The molecule has 0 N–H and O–H groups in total. The van der Waals surface area contributed by atoms with Gasteiger partial charge < -0.3 is 4.74 Å². The summed E-state index contributed by atoms with van der Waals surface area (Å²) in [5.41, 5.74) is 1.39. The van der Waals surface area contributed by atoms with E-state index in [-0.39, 0.29) is 11.8 Å². The molecule has 20 heavy (non-hydrogen) atoms. The smallest absolute Gasteiger partial charge is 0.186 e. The second-order valence-corrected chi connectivity index (χ2v) is 5.23. The Labute approximate surface area is 123 Å². The molecular weight excluding hydrogens is 276 g/mol. The Balaban J connectivity index is 2.21. The topological polar surface area (TPSA) is 44.1 Å². The first kappa shape index (κ1) is 14.6. The maximum Gasteiger partial charge on any atom is 0.186 e. The summed E-state index contributed by atoms with van der Waals surface area (Å²) < 4.78 is 6.76. The highest BCUT2D eigenvalue weighted by Gasteiger charge is 2.19. The van der Waals surface area contributed by atoms with E-state index in [4.69, 9.17) is 16.3 Å². The third-order valence-electron chi connectivity index (χ3n) is 3.03. The quantitative estimate of drug-likeness (QED) is 0.792. The van der Waals surface area contributed by atoms with Crippen LogP contribution in [-0.2, 0) is 6.42 Å². The van der Waals surface area contributed by atoms with E-state index in [0.717, 1.165) is 11.3 Å². The molecule has 1 heterocycles. The zero-order chi connectivity index (χ0) is 14.7. The number of benzene rings is 1. The van der Waals surface area contributed by atoms with Crippen molar-refractivity contribution < 1.29 is 9.53 Å². The first-order valence-electron chi connectivity index (χ1n) is 6.42. The lowest BCUT2D eigenvalue weighted by atomic mass is 10.1. The van der Waals surface area contributed by atoms with Crippen molar-refractivity contribution >= 4 is 17.4 Å². The first-order valence-corrected chi connectivity index (χ1v) is 6.80. The number of aromatic nitrogens is 2. The molecule has 5 heteroatoms. The van der Waals surface area contributed by atoms with Crippen molar-refractivity contribution in [1.29, 1.82) is 0 Å². The predicted molar refractivity (Wildman–Crippen MR) is 78.7 cm³/mol. The van der Waals surface area contributed by atoms with Gasteiger partial charge in [-0.3, -0.25) is 9.48 Å². The lowest BCUT2D eigenvalue weighted by Crippen LogP contribution is -2.14. The molecule has 0 unspecified atom stereocenters. The van der Waals surface area contributed by atoms with E-state index in [1.54, 1.807) is 11.8 Å². The Morgan fingerprint density at radius 1 is 1.35 bits per heavy atom. The lowest BCUT2D eigenvalue weighted by molar-refractivity contribution is 0.0981. The second kappa shape index (κ2) is 6.09. The molecular formula is C15H17ClN2O2. The van der Waals surface area contributed by atoms with Crippen molar-refractivity contribution in [2.45, 2.75) is 26.3 Å². The van der Waals surface area contributed by atoms with E-state index in [9.17, 15) is 4.79 Å². The van der Waals surface area contributed by atoms with Gasteiger partial charge in [-0.15, -0.1) is 0 Å². The summed E-state index contributed by atoms with van der Waals surface area (Å²) in [5.74, 6) is 0.734. The third kappa shape index (κ3) is 3.02. The number of hydrogen-bond acceptors (Lipinski definition) is 3. The van der Waals surface area contributed by atoms with Crippen molar-refractivity contribution in [3.63, 3.8) is 0 Å². The van der Waals surface area contributed by atoms with Crippen molar-refractivity contribution in [3.05, 3.63) is 46.7 Å². The molecule has 106 valence electrons. The Kier molecular flexibility index (Phi) is 4.45. The van der Waals surface area contributed by atoms with Gasteiger partial charge in [-0.05, 0) is 31.5 Å². The van der Waals surface area contributed by atoms with Gasteiger partial charge in [-0.1, -0.05) is 23.7 Å². The van der Waals surface area contributed by atoms with E-state index in [1.165, 1.54) is 6.20 Å². The minimum atomic E-state index is -0.0358. The molecule has 0 atom stereocenters. The van der Waals surface area contributed by atoms with E-state index in [0.29, 0.717) is 17.1 Å². The van der Waals surface area contributed by atoms with Crippen molar-refractivity contribution in [2.75, 3.05) is 7.11 Å². The number of methoxy groups -OCH3 is 1. The Hall–Kier alpha value is -1.81. The zero-order valence-electron chi connectivity index (χ0n) is 11.8. The van der Waals surface area contributed by atoms with Crippen LogP contribution in [0, 0.1) is 0 Å². The number of carbonyl (C=O) groups excluding carboxylic acids is 1. The van der Waals surface area contributed by atoms with Gasteiger partial charge in [-0.2, -0.15) is 5.10 Å². The number of hydrogen-bond donors (Lipinski definition) is 0. The normalized spacial score (nSPS) is 10.8. The Bertz CT molecular complexity index is 603. The standard InChI is InChI=1S/C15H17ClN2O2/c1-10(2)18-15(13(16)9-17-18)14(19)8-11-4-6-12(20-3)7-5-11/h4-7,9-10H,8H2,1-3H3. The summed E-state index contributed by atoms with van der Waals surface area (Å²) in [5, 5.41) is 4.55. The average molecular weight is 293 g/mol. The fourth-order valence-corrected chi connectivity index (χ4v) is 2.24. The molecule has 0 aliphatic carbocycles. The van der Waals surface area contributed by atoms with Crippen LogP contribution in [0.4, 0.5) is 0 Å². The van der Waals surface area contributed by atoms with Crippen LogP contribution < -0.4 is 4.74 Å². The molecule has 0 fully saturated rings. The highest BCUT2D eigenvalue weighted by molar-refractivity contribution is 6.33. The van der Waals surface area contributed by atoms with Gasteiger partial charge >= 0.3 is 0 Å². The number of rotatable bonds is 5. The van der Waals surface area contributed by atoms with Crippen molar-refractivity contribution in [1.82, 2.24) is 9.78 Å². The SMILES string of the molecule is COc1ccc(CC(=O)c2c(Cl)cnn2C(C)C)cc1. The van der Waals surface area contributed by atoms with E-state index in [1.807, 2.05) is 38.1 Å². The fourth-order valence-electron chi connectivity index (χ4n) is 2.01. The second-order valence-electron chi connectivity index (χ2n) is 4.83. The van der Waals surface area contributed by atoms with Crippen LogP contribution in [0.15, 0.2) is 30.5 Å². The number of halogens is 1. The molecule has 0 bridgehead atoms. The van der Waals surface area contributed by atoms with Gasteiger partial charge in [0.2, 0.25) is 0 Å². The Morgan fingerprint density at radius 2 is 2.00 bits per heavy atom. The summed E-state index contributed by atoms with van der Waals surface area (Å²) in [4.78, 5) is 12.4. The molecule has 0 spiro atoms. The molecule has 1 aromatic heterocycles. The molecule has 0 saturated heterocycles. The summed E-state index contributed by atoms with van der Waals surface area (Å²) >= 11 is 6.07. The van der Waals surface area contributed by atoms with Crippen molar-refractivity contribution in [3.8, 4) is 5.75 Å². The van der Waals surface area contributed by atoms with Crippen LogP contribution in [0.5, 0.6) is 5.75 Å². The molecule has 2 aromatic rings. The minimum Gasteiger partial charge on any atom is -0.497 e. The summed E-state index contributed by atoms with van der Waals surface area (Å²) in [7, 11) is 1.61. The molecule has 0 amide bonds. The van der Waals surface area contributed by atoms with Crippen molar-refractivity contribution in [2.24, 2.45) is 0 Å². The molecule has 1 aromatic carbocycles. The van der Waals surface area contributed by atoms with Crippen LogP contribution in [-0.4, -0.2) is 22.7 Å². The predicted octanol–water partition coefficient (Wildman–Crippen LogP) is 3.55. The zero-order valence-corrected chi connectivity index (χ0v) is 12.5. The molecule has 0 saturated carbocycles. The van der Waals surface area contributed by atoms with E-state index >= 15 is 0 Å². The van der Waals surface area contributed by atoms with Gasteiger partial charge in [0, 0.05) is 12.5 Å². The summed E-state index contributed by atoms with van der Waals surface area (Å²) in [6.07, 6.45) is 1.81. The molecule has 2 rings (SSSR count). The van der Waals surface area contributed by atoms with Crippen LogP contribution >= 0.6 is 11.6 Å². The van der Waals surface area contributed by atoms with Crippen LogP contribution in [0.25, 0.3) is 0 Å². The monoisotopic (exact) mass is 292 g/mol.